The normalized spacial score (nSPS) is 25.4. The average Bonchev–Trinajstić information content (AvgIpc) is 3.27. The molecule has 3 aliphatic rings. The van der Waals surface area contributed by atoms with E-state index in [1.807, 2.05) is 19.1 Å². The highest BCUT2D eigenvalue weighted by Gasteiger charge is 2.27. The van der Waals surface area contributed by atoms with E-state index in [2.05, 4.69) is 23.1 Å². The molecule has 3 heteroatoms. The summed E-state index contributed by atoms with van der Waals surface area (Å²) >= 11 is 0. The van der Waals surface area contributed by atoms with Gasteiger partial charge >= 0.3 is 0 Å². The third-order valence-corrected chi connectivity index (χ3v) is 7.72. The summed E-state index contributed by atoms with van der Waals surface area (Å²) < 4.78 is 5.77. The Morgan fingerprint density at radius 3 is 2.63 bits per heavy atom. The summed E-state index contributed by atoms with van der Waals surface area (Å²) in [5.74, 6) is 3.79. The van der Waals surface area contributed by atoms with Gasteiger partial charge in [0.05, 0.1) is 6.61 Å². The molecule has 1 saturated carbocycles. The number of hydrogen-bond donors (Lipinski definition) is 0. The summed E-state index contributed by atoms with van der Waals surface area (Å²) in [6.45, 7) is 6.59. The SMILES string of the molecule is C/C=C/CC(=O)CC1CCC(CCN2CCC(c3cccc4c3CCO4)CC2)CC1. The first kappa shape index (κ1) is 21.6. The lowest BCUT2D eigenvalue weighted by molar-refractivity contribution is -0.119. The molecule has 1 aliphatic carbocycles. The number of fused-ring (bicyclic) bond motifs is 1. The van der Waals surface area contributed by atoms with E-state index in [1.54, 1.807) is 5.56 Å². The Kier molecular flexibility index (Phi) is 7.65. The number of carbonyl (C=O) groups excluding carboxylic acids is 1. The van der Waals surface area contributed by atoms with Crippen molar-refractivity contribution in [3.63, 3.8) is 0 Å². The van der Waals surface area contributed by atoms with Crippen LogP contribution in [0.25, 0.3) is 0 Å². The fraction of sp³-hybridized carbons (Fsp3) is 0.667. The van der Waals surface area contributed by atoms with Gasteiger partial charge in [0.25, 0.3) is 0 Å². The fourth-order valence-electron chi connectivity index (χ4n) is 5.84. The zero-order chi connectivity index (χ0) is 20.8. The van der Waals surface area contributed by atoms with Crippen molar-refractivity contribution in [1.82, 2.24) is 4.90 Å². The second kappa shape index (κ2) is 10.6. The quantitative estimate of drug-likeness (QED) is 0.499. The predicted octanol–water partition coefficient (Wildman–Crippen LogP) is 5.92. The van der Waals surface area contributed by atoms with Crippen LogP contribution in [0.5, 0.6) is 5.75 Å². The van der Waals surface area contributed by atoms with Crippen LogP contribution in [0.2, 0.25) is 0 Å². The molecule has 2 heterocycles. The lowest BCUT2D eigenvalue weighted by Gasteiger charge is -2.35. The number of likely N-dealkylation sites (tertiary alicyclic amines) is 1. The van der Waals surface area contributed by atoms with Gasteiger partial charge in [-0.15, -0.1) is 0 Å². The fourth-order valence-corrected chi connectivity index (χ4v) is 5.84. The molecular weight excluding hydrogens is 370 g/mol. The van der Waals surface area contributed by atoms with Gasteiger partial charge in [0.15, 0.2) is 0 Å². The topological polar surface area (TPSA) is 29.5 Å². The van der Waals surface area contributed by atoms with Crippen molar-refractivity contribution in [2.24, 2.45) is 11.8 Å². The summed E-state index contributed by atoms with van der Waals surface area (Å²) in [4.78, 5) is 14.7. The van der Waals surface area contributed by atoms with Crippen LogP contribution in [-0.2, 0) is 11.2 Å². The molecule has 4 rings (SSSR count). The van der Waals surface area contributed by atoms with Gasteiger partial charge < -0.3 is 9.64 Å². The molecule has 2 aliphatic heterocycles. The molecule has 0 N–H and O–H groups in total. The Hall–Kier alpha value is -1.61. The van der Waals surface area contributed by atoms with Gasteiger partial charge in [0.1, 0.15) is 11.5 Å². The van der Waals surface area contributed by atoms with Gasteiger partial charge in [-0.25, -0.2) is 0 Å². The standard InChI is InChI=1S/C27H39NO2/c1-2-3-5-24(29)20-22-10-8-21(9-11-22)12-16-28-17-13-23(14-18-28)25-6-4-7-27-26(25)15-19-30-27/h2-4,6-7,21-23H,5,8-20H2,1H3/b3-2+. The van der Waals surface area contributed by atoms with E-state index in [4.69, 9.17) is 4.74 Å². The summed E-state index contributed by atoms with van der Waals surface area (Å²) in [5.41, 5.74) is 3.05. The van der Waals surface area contributed by atoms with Crippen LogP contribution < -0.4 is 4.74 Å². The van der Waals surface area contributed by atoms with Crippen LogP contribution in [0.4, 0.5) is 0 Å². The van der Waals surface area contributed by atoms with Crippen molar-refractivity contribution < 1.29 is 9.53 Å². The highest BCUT2D eigenvalue weighted by molar-refractivity contribution is 5.80. The lowest BCUT2D eigenvalue weighted by atomic mass is 9.78. The minimum absolute atomic E-state index is 0.426. The highest BCUT2D eigenvalue weighted by atomic mass is 16.5. The Labute approximate surface area is 182 Å². The zero-order valence-electron chi connectivity index (χ0n) is 18.8. The van der Waals surface area contributed by atoms with Crippen molar-refractivity contribution in [3.8, 4) is 5.75 Å². The van der Waals surface area contributed by atoms with E-state index in [9.17, 15) is 4.79 Å². The average molecular weight is 410 g/mol. The Balaban J connectivity index is 1.15. The van der Waals surface area contributed by atoms with Crippen LogP contribution >= 0.6 is 0 Å². The largest absolute Gasteiger partial charge is 0.493 e. The van der Waals surface area contributed by atoms with E-state index in [1.165, 1.54) is 70.1 Å². The molecule has 0 amide bonds. The first-order valence-corrected chi connectivity index (χ1v) is 12.3. The van der Waals surface area contributed by atoms with E-state index < -0.39 is 0 Å². The molecule has 30 heavy (non-hydrogen) atoms. The number of hydrogen-bond acceptors (Lipinski definition) is 3. The molecule has 3 nitrogen and oxygen atoms in total. The van der Waals surface area contributed by atoms with Crippen molar-refractivity contribution >= 4 is 5.78 Å². The Morgan fingerprint density at radius 2 is 1.87 bits per heavy atom. The molecule has 1 aromatic rings. The number of rotatable bonds is 8. The molecule has 1 saturated heterocycles. The van der Waals surface area contributed by atoms with Crippen molar-refractivity contribution in [2.75, 3.05) is 26.2 Å². The molecule has 164 valence electrons. The van der Waals surface area contributed by atoms with Gasteiger partial charge in [-0.3, -0.25) is 4.79 Å². The molecule has 1 aromatic carbocycles. The monoisotopic (exact) mass is 409 g/mol. The van der Waals surface area contributed by atoms with E-state index in [0.717, 1.165) is 31.1 Å². The maximum absolute atomic E-state index is 12.0. The van der Waals surface area contributed by atoms with Gasteiger partial charge in [-0.05, 0) is 88.0 Å². The molecule has 0 atom stereocenters. The summed E-state index contributed by atoms with van der Waals surface area (Å²) in [6.07, 6.45) is 15.6. The first-order chi connectivity index (χ1) is 14.7. The van der Waals surface area contributed by atoms with Gasteiger partial charge in [0, 0.05) is 24.8 Å². The Morgan fingerprint density at radius 1 is 1.10 bits per heavy atom. The first-order valence-electron chi connectivity index (χ1n) is 12.3. The summed E-state index contributed by atoms with van der Waals surface area (Å²) in [6, 6.07) is 6.65. The van der Waals surface area contributed by atoms with Crippen LogP contribution in [0, 0.1) is 11.8 Å². The van der Waals surface area contributed by atoms with Gasteiger partial charge in [-0.1, -0.05) is 37.1 Å². The van der Waals surface area contributed by atoms with Crippen molar-refractivity contribution in [1.29, 1.82) is 0 Å². The van der Waals surface area contributed by atoms with Gasteiger partial charge in [-0.2, -0.15) is 0 Å². The molecule has 2 fully saturated rings. The molecule has 0 spiro atoms. The van der Waals surface area contributed by atoms with E-state index in [-0.39, 0.29) is 0 Å². The number of nitrogens with zero attached hydrogens (tertiary/aromatic N) is 1. The maximum Gasteiger partial charge on any atom is 0.136 e. The molecule has 0 radical (unpaired) electrons. The number of Topliss-reactive ketones (excluding diaryl/α,β-unsaturated/α-hetero) is 1. The number of allylic oxidation sites excluding steroid dienone is 2. The zero-order valence-corrected chi connectivity index (χ0v) is 18.8. The minimum atomic E-state index is 0.426. The van der Waals surface area contributed by atoms with Gasteiger partial charge in [0.2, 0.25) is 0 Å². The smallest absolute Gasteiger partial charge is 0.136 e. The van der Waals surface area contributed by atoms with Crippen molar-refractivity contribution in [3.05, 3.63) is 41.5 Å². The number of carbonyl (C=O) groups is 1. The predicted molar refractivity (Wildman–Crippen MR) is 123 cm³/mol. The van der Waals surface area contributed by atoms with E-state index >= 15 is 0 Å². The molecular formula is C27H39NO2. The van der Waals surface area contributed by atoms with Crippen LogP contribution in [-0.4, -0.2) is 36.9 Å². The lowest BCUT2D eigenvalue weighted by Crippen LogP contribution is -2.35. The molecule has 0 unspecified atom stereocenters. The van der Waals surface area contributed by atoms with Crippen LogP contribution in [0.1, 0.15) is 81.8 Å². The Bertz CT molecular complexity index is 724. The molecule has 0 bridgehead atoms. The number of ether oxygens (including phenoxy) is 1. The highest BCUT2D eigenvalue weighted by Crippen LogP contribution is 2.37. The van der Waals surface area contributed by atoms with Crippen LogP contribution in [0.3, 0.4) is 0 Å². The number of benzene rings is 1. The van der Waals surface area contributed by atoms with Crippen molar-refractivity contribution in [2.45, 2.75) is 77.0 Å². The third kappa shape index (κ3) is 5.55. The molecule has 0 aromatic heterocycles. The third-order valence-electron chi connectivity index (χ3n) is 7.72. The number of piperidine rings is 1. The minimum Gasteiger partial charge on any atom is -0.493 e. The maximum atomic E-state index is 12.0. The second-order valence-corrected chi connectivity index (χ2v) is 9.73. The van der Waals surface area contributed by atoms with Crippen LogP contribution in [0.15, 0.2) is 30.4 Å². The van der Waals surface area contributed by atoms with E-state index in [0.29, 0.717) is 24.0 Å². The summed E-state index contributed by atoms with van der Waals surface area (Å²) in [5, 5.41) is 0. The summed E-state index contributed by atoms with van der Waals surface area (Å²) in [7, 11) is 0. The second-order valence-electron chi connectivity index (χ2n) is 9.73. The number of ketones is 1.